The smallest absolute Gasteiger partial charge is 0.269 e. The zero-order valence-corrected chi connectivity index (χ0v) is 18.3. The van der Waals surface area contributed by atoms with E-state index in [9.17, 15) is 10.1 Å². The summed E-state index contributed by atoms with van der Waals surface area (Å²) in [6.45, 7) is 0.688. The predicted molar refractivity (Wildman–Crippen MR) is 124 cm³/mol. The third kappa shape index (κ3) is 4.36. The van der Waals surface area contributed by atoms with E-state index < -0.39 is 0 Å². The molecule has 1 aromatic carbocycles. The summed E-state index contributed by atoms with van der Waals surface area (Å²) in [5, 5.41) is 14.5. The number of non-ortho nitro benzene ring substituents is 1. The van der Waals surface area contributed by atoms with Gasteiger partial charge in [0, 0.05) is 36.4 Å². The second-order valence-electron chi connectivity index (χ2n) is 7.70. The number of nitro groups is 1. The van der Waals surface area contributed by atoms with Crippen LogP contribution in [0.15, 0.2) is 24.5 Å². The maximum Gasteiger partial charge on any atom is 0.269 e. The average Bonchev–Trinajstić information content (AvgIpc) is 3.35. The van der Waals surface area contributed by atoms with E-state index in [1.165, 1.54) is 6.07 Å². The number of benzene rings is 1. The Labute approximate surface area is 191 Å². The van der Waals surface area contributed by atoms with E-state index in [0.29, 0.717) is 35.5 Å². The van der Waals surface area contributed by atoms with Gasteiger partial charge in [-0.25, -0.2) is 4.98 Å². The van der Waals surface area contributed by atoms with Gasteiger partial charge in [-0.1, -0.05) is 0 Å². The minimum atomic E-state index is -0.363. The Morgan fingerprint density at radius 2 is 1.97 bits per heavy atom. The van der Waals surface area contributed by atoms with Crippen molar-refractivity contribution < 1.29 is 4.92 Å². The number of nitrogens with one attached hydrogen (secondary N) is 2. The molecule has 12 heteroatoms. The van der Waals surface area contributed by atoms with Gasteiger partial charge in [-0.15, -0.1) is 24.8 Å². The average molecular weight is 467 g/mol. The second kappa shape index (κ2) is 9.21. The van der Waals surface area contributed by atoms with Crippen LogP contribution in [0, 0.1) is 10.1 Å². The maximum atomic E-state index is 11.1. The minimum absolute atomic E-state index is 0. The lowest BCUT2D eigenvalue weighted by atomic mass is 9.92. The van der Waals surface area contributed by atoms with E-state index in [2.05, 4.69) is 25.2 Å². The summed E-state index contributed by atoms with van der Waals surface area (Å²) in [6.07, 6.45) is 6.31. The number of anilines is 3. The highest BCUT2D eigenvalue weighted by Gasteiger charge is 2.27. The van der Waals surface area contributed by atoms with Gasteiger partial charge in [0.15, 0.2) is 17.0 Å². The molecule has 3 heterocycles. The van der Waals surface area contributed by atoms with Crippen LogP contribution in [0.2, 0.25) is 0 Å². The highest BCUT2D eigenvalue weighted by molar-refractivity contribution is 5.88. The third-order valence-electron chi connectivity index (χ3n) is 5.79. The van der Waals surface area contributed by atoms with Crippen molar-refractivity contribution in [3.8, 4) is 0 Å². The number of imidazole rings is 1. The van der Waals surface area contributed by atoms with E-state index in [1.54, 1.807) is 18.5 Å². The molecule has 1 aliphatic carbocycles. The zero-order chi connectivity index (χ0) is 20.0. The molecule has 1 aliphatic heterocycles. The van der Waals surface area contributed by atoms with Crippen LogP contribution in [-0.4, -0.2) is 43.5 Å². The molecule has 1 fully saturated rings. The first-order valence-electron chi connectivity index (χ1n) is 9.86. The van der Waals surface area contributed by atoms with E-state index in [4.69, 9.17) is 10.7 Å². The summed E-state index contributed by atoms with van der Waals surface area (Å²) in [5.74, 6) is 1.27. The number of nitrogens with zero attached hydrogens (tertiary/aromatic N) is 5. The van der Waals surface area contributed by atoms with Gasteiger partial charge in [0.1, 0.15) is 0 Å². The molecule has 2 aromatic heterocycles. The molecule has 10 nitrogen and oxygen atoms in total. The van der Waals surface area contributed by atoms with Gasteiger partial charge in [0.25, 0.3) is 5.69 Å². The van der Waals surface area contributed by atoms with Crippen LogP contribution < -0.4 is 16.0 Å². The summed E-state index contributed by atoms with van der Waals surface area (Å²) < 4.78 is 0. The lowest BCUT2D eigenvalue weighted by Crippen LogP contribution is -2.33. The number of hydrogen-bond acceptors (Lipinski definition) is 8. The van der Waals surface area contributed by atoms with Crippen molar-refractivity contribution in [2.75, 3.05) is 16.8 Å². The van der Waals surface area contributed by atoms with Gasteiger partial charge in [-0.2, -0.15) is 9.97 Å². The molecular weight excluding hydrogens is 443 g/mol. The molecule has 0 amide bonds. The van der Waals surface area contributed by atoms with Crippen LogP contribution in [0.1, 0.15) is 31.2 Å². The standard InChI is InChI=1S/C19H22N8O2.2ClH/c20-12-1-3-13(4-2-12)23-19-24-17-16(21-10-22-17)18(25-19)26-8-7-11-9-14(27(28)29)5-6-15(11)26;;/h5-6,9-10,12-13H,1-4,7-8,20H2,(H2,21,22,23,24,25);2*1H/t12-,13-;;. The molecule has 4 N–H and O–H groups in total. The van der Waals surface area contributed by atoms with Crippen molar-refractivity contribution >= 4 is 59.1 Å². The Bertz CT molecular complexity index is 1080. The van der Waals surface area contributed by atoms with Gasteiger partial charge >= 0.3 is 0 Å². The van der Waals surface area contributed by atoms with E-state index in [-0.39, 0.29) is 41.5 Å². The number of aromatic amines is 1. The number of H-pyrrole nitrogens is 1. The number of nitro benzene ring substituents is 1. The topological polar surface area (TPSA) is 139 Å². The van der Waals surface area contributed by atoms with Crippen molar-refractivity contribution in [2.45, 2.75) is 44.2 Å². The lowest BCUT2D eigenvalue weighted by molar-refractivity contribution is -0.384. The molecule has 166 valence electrons. The quantitative estimate of drug-likeness (QED) is 0.392. The molecule has 0 bridgehead atoms. The number of nitrogens with two attached hydrogens (primary N) is 1. The van der Waals surface area contributed by atoms with Gasteiger partial charge in [-0.05, 0) is 43.7 Å². The summed E-state index contributed by atoms with van der Waals surface area (Å²) in [4.78, 5) is 29.6. The molecule has 0 radical (unpaired) electrons. The van der Waals surface area contributed by atoms with Crippen molar-refractivity contribution in [1.29, 1.82) is 0 Å². The minimum Gasteiger partial charge on any atom is -0.351 e. The number of aromatic nitrogens is 4. The van der Waals surface area contributed by atoms with Crippen molar-refractivity contribution in [3.63, 3.8) is 0 Å². The molecule has 2 aliphatic rings. The van der Waals surface area contributed by atoms with Gasteiger partial charge in [0.2, 0.25) is 5.95 Å². The summed E-state index contributed by atoms with van der Waals surface area (Å²) in [6, 6.07) is 5.55. The first-order valence-corrected chi connectivity index (χ1v) is 9.86. The van der Waals surface area contributed by atoms with Crippen LogP contribution >= 0.6 is 24.8 Å². The number of hydrogen-bond donors (Lipinski definition) is 3. The van der Waals surface area contributed by atoms with Crippen LogP contribution in [0.25, 0.3) is 11.2 Å². The highest BCUT2D eigenvalue weighted by Crippen LogP contribution is 2.38. The van der Waals surface area contributed by atoms with Crippen molar-refractivity contribution in [1.82, 2.24) is 19.9 Å². The SMILES string of the molecule is Cl.Cl.N[C@H]1CC[C@H](Nc2nc(N3CCc4cc([N+](=O)[O-])ccc43)c3nc[nH]c3n2)CC1. The summed E-state index contributed by atoms with van der Waals surface area (Å²) in [7, 11) is 0. The summed E-state index contributed by atoms with van der Waals surface area (Å²) >= 11 is 0. The van der Waals surface area contributed by atoms with Gasteiger partial charge in [-0.3, -0.25) is 10.1 Å². The fourth-order valence-corrected chi connectivity index (χ4v) is 4.24. The molecule has 0 unspecified atom stereocenters. The third-order valence-corrected chi connectivity index (χ3v) is 5.79. The molecule has 31 heavy (non-hydrogen) atoms. The maximum absolute atomic E-state index is 11.1. The van der Waals surface area contributed by atoms with Gasteiger partial charge in [0.05, 0.1) is 11.3 Å². The summed E-state index contributed by atoms with van der Waals surface area (Å²) in [5.41, 5.74) is 9.34. The Balaban J connectivity index is 0.00000136. The number of fused-ring (bicyclic) bond motifs is 2. The molecule has 0 atom stereocenters. The van der Waals surface area contributed by atoms with Crippen molar-refractivity contribution in [3.05, 3.63) is 40.2 Å². The highest BCUT2D eigenvalue weighted by atomic mass is 35.5. The normalized spacial score (nSPS) is 20.0. The Kier molecular flexibility index (Phi) is 6.83. The van der Waals surface area contributed by atoms with Crippen LogP contribution in [-0.2, 0) is 6.42 Å². The van der Waals surface area contributed by atoms with Crippen LogP contribution in [0.5, 0.6) is 0 Å². The largest absolute Gasteiger partial charge is 0.351 e. The van der Waals surface area contributed by atoms with Crippen LogP contribution in [0.4, 0.5) is 23.1 Å². The molecule has 3 aromatic rings. The fourth-order valence-electron chi connectivity index (χ4n) is 4.24. The van der Waals surface area contributed by atoms with Crippen molar-refractivity contribution in [2.24, 2.45) is 5.73 Å². The first kappa shape index (κ1) is 23.0. The Morgan fingerprint density at radius 1 is 1.19 bits per heavy atom. The molecule has 5 rings (SSSR count). The molecular formula is C19H24Cl2N8O2. The lowest BCUT2D eigenvalue weighted by Gasteiger charge is -2.27. The second-order valence-corrected chi connectivity index (χ2v) is 7.70. The Hall–Kier alpha value is -2.69. The molecule has 1 saturated carbocycles. The first-order chi connectivity index (χ1) is 14.1. The number of halogens is 2. The zero-order valence-electron chi connectivity index (χ0n) is 16.7. The molecule has 0 saturated heterocycles. The Morgan fingerprint density at radius 3 is 2.71 bits per heavy atom. The van der Waals surface area contributed by atoms with E-state index >= 15 is 0 Å². The van der Waals surface area contributed by atoms with E-state index in [0.717, 1.165) is 43.4 Å². The predicted octanol–water partition coefficient (Wildman–Crippen LogP) is 3.48. The van der Waals surface area contributed by atoms with E-state index in [1.807, 2.05) is 0 Å². The van der Waals surface area contributed by atoms with Crippen LogP contribution in [0.3, 0.4) is 0 Å². The molecule has 0 spiro atoms. The fraction of sp³-hybridized carbons (Fsp3) is 0.421. The monoisotopic (exact) mass is 466 g/mol. The number of rotatable bonds is 4. The van der Waals surface area contributed by atoms with Gasteiger partial charge < -0.3 is 20.9 Å².